The molecule has 8 heteroatoms. The van der Waals surface area contributed by atoms with Crippen molar-refractivity contribution in [1.29, 1.82) is 0 Å². The number of nitrogens with zero attached hydrogens (tertiary/aromatic N) is 1. The first-order valence-corrected chi connectivity index (χ1v) is 11.7. The molecule has 0 radical (unpaired) electrons. The van der Waals surface area contributed by atoms with Crippen LogP contribution in [0, 0.1) is 0 Å². The fourth-order valence-corrected chi connectivity index (χ4v) is 4.58. The Hall–Kier alpha value is -1.22. The van der Waals surface area contributed by atoms with E-state index >= 15 is 0 Å². The van der Waals surface area contributed by atoms with E-state index in [9.17, 15) is 9.59 Å². The zero-order valence-electron chi connectivity index (χ0n) is 15.8. The number of hydrogen-bond acceptors (Lipinski definition) is 5. The molecule has 4 atom stereocenters. The third kappa shape index (κ3) is 2.95. The van der Waals surface area contributed by atoms with Gasteiger partial charge in [-0.15, -0.1) is 0 Å². The fourth-order valence-electron chi connectivity index (χ4n) is 3.24. The summed E-state index contributed by atoms with van der Waals surface area (Å²) in [6, 6.07) is 1.32. The highest BCUT2D eigenvalue weighted by molar-refractivity contribution is 6.74. The van der Waals surface area contributed by atoms with Gasteiger partial charge in [0.25, 0.3) is 5.56 Å². The fraction of sp³-hybridized carbons (Fsp3) is 0.765. The number of fused-ring (bicyclic) bond motifs is 2. The summed E-state index contributed by atoms with van der Waals surface area (Å²) in [5.41, 5.74) is -1.48. The van der Waals surface area contributed by atoms with E-state index in [-0.39, 0.29) is 17.2 Å². The molecular weight excluding hydrogens is 340 g/mol. The molecule has 2 aliphatic rings. The number of rotatable bonds is 4. The molecule has 0 aliphatic carbocycles. The Labute approximate surface area is 148 Å². The lowest BCUT2D eigenvalue weighted by molar-refractivity contribution is -0.175. The van der Waals surface area contributed by atoms with Gasteiger partial charge >= 0.3 is 5.69 Å². The van der Waals surface area contributed by atoms with Gasteiger partial charge in [-0.3, -0.25) is 14.3 Å². The maximum absolute atomic E-state index is 12.2. The zero-order chi connectivity index (χ0) is 18.6. The van der Waals surface area contributed by atoms with Crippen LogP contribution >= 0.6 is 0 Å². The molecular formula is C17H28N2O5Si. The molecule has 1 N–H and O–H groups in total. The minimum absolute atomic E-state index is 0.0638. The Bertz CT molecular complexity index is 765. The maximum atomic E-state index is 12.2. The summed E-state index contributed by atoms with van der Waals surface area (Å²) in [7, 11) is -2.04. The van der Waals surface area contributed by atoms with Crippen molar-refractivity contribution >= 4 is 8.32 Å². The van der Waals surface area contributed by atoms with Gasteiger partial charge < -0.3 is 13.9 Å². The molecule has 3 heterocycles. The van der Waals surface area contributed by atoms with Crippen LogP contribution in [-0.4, -0.2) is 42.3 Å². The first-order chi connectivity index (χ1) is 11.5. The molecule has 2 aliphatic heterocycles. The van der Waals surface area contributed by atoms with Crippen molar-refractivity contribution in [3.63, 3.8) is 0 Å². The van der Waals surface area contributed by atoms with E-state index in [1.807, 2.05) is 6.92 Å². The van der Waals surface area contributed by atoms with Crippen LogP contribution < -0.4 is 11.2 Å². The van der Waals surface area contributed by atoms with Crippen LogP contribution in [0.15, 0.2) is 21.9 Å². The zero-order valence-corrected chi connectivity index (χ0v) is 16.8. The van der Waals surface area contributed by atoms with Gasteiger partial charge in [-0.25, -0.2) is 4.79 Å². The minimum atomic E-state index is -2.04. The average Bonchev–Trinajstić information content (AvgIpc) is 2.98. The van der Waals surface area contributed by atoms with E-state index in [2.05, 4.69) is 38.8 Å². The van der Waals surface area contributed by atoms with Crippen LogP contribution in [0.5, 0.6) is 0 Å². The molecule has 25 heavy (non-hydrogen) atoms. The van der Waals surface area contributed by atoms with Crippen molar-refractivity contribution in [2.45, 2.75) is 76.3 Å². The lowest BCUT2D eigenvalue weighted by Gasteiger charge is -2.40. The van der Waals surface area contributed by atoms with Crippen molar-refractivity contribution in [2.75, 3.05) is 6.61 Å². The monoisotopic (exact) mass is 368 g/mol. The number of hydrogen-bond donors (Lipinski definition) is 1. The van der Waals surface area contributed by atoms with Gasteiger partial charge in [0.05, 0.1) is 6.61 Å². The van der Waals surface area contributed by atoms with Crippen LogP contribution in [-0.2, 0) is 13.9 Å². The molecule has 1 unspecified atom stereocenters. The van der Waals surface area contributed by atoms with Crippen LogP contribution in [0.3, 0.4) is 0 Å². The van der Waals surface area contributed by atoms with E-state index in [1.165, 1.54) is 16.8 Å². The van der Waals surface area contributed by atoms with Crippen LogP contribution in [0.2, 0.25) is 18.1 Å². The van der Waals surface area contributed by atoms with Crippen molar-refractivity contribution in [1.82, 2.24) is 9.55 Å². The predicted molar refractivity (Wildman–Crippen MR) is 96.3 cm³/mol. The Morgan fingerprint density at radius 2 is 2.08 bits per heavy atom. The minimum Gasteiger partial charge on any atom is -0.408 e. The standard InChI is InChI=1S/C17H28N2O5Si/c1-7-17-10-22-12(13(17)24-25(5,6)16(2,3)4)14(23-17)19-9-8-11(20)18-15(19)21/h8-9,12-14H,7,10H2,1-6H3,(H,18,20,21)/t12?,13-,14+,17+/m0/s1. The molecule has 3 rings (SSSR count). The summed E-state index contributed by atoms with van der Waals surface area (Å²) in [6.45, 7) is 13.5. The van der Waals surface area contributed by atoms with E-state index in [0.717, 1.165) is 6.42 Å². The molecule has 1 aromatic heterocycles. The van der Waals surface area contributed by atoms with Crippen LogP contribution in [0.1, 0.15) is 40.3 Å². The van der Waals surface area contributed by atoms with Gasteiger partial charge in [0, 0.05) is 12.3 Å². The summed E-state index contributed by atoms with van der Waals surface area (Å²) in [5.74, 6) is 0. The average molecular weight is 369 g/mol. The largest absolute Gasteiger partial charge is 0.408 e. The number of H-pyrrole nitrogens is 1. The van der Waals surface area contributed by atoms with E-state index in [4.69, 9.17) is 13.9 Å². The Morgan fingerprint density at radius 3 is 2.64 bits per heavy atom. The third-order valence-corrected chi connectivity index (χ3v) is 10.4. The van der Waals surface area contributed by atoms with Crippen molar-refractivity contribution in [2.24, 2.45) is 0 Å². The molecule has 2 fully saturated rings. The quantitative estimate of drug-likeness (QED) is 0.822. The molecule has 0 aromatic carbocycles. The highest BCUT2D eigenvalue weighted by atomic mass is 28.4. The first kappa shape index (κ1) is 18.6. The Balaban J connectivity index is 1.95. The van der Waals surface area contributed by atoms with Crippen molar-refractivity contribution in [3.05, 3.63) is 33.1 Å². The van der Waals surface area contributed by atoms with Gasteiger partial charge in [0.15, 0.2) is 14.5 Å². The molecule has 0 amide bonds. The molecule has 140 valence electrons. The molecule has 0 saturated carbocycles. The molecule has 0 spiro atoms. The predicted octanol–water partition coefficient (Wildman–Crippen LogP) is 2.00. The molecule has 7 nitrogen and oxygen atoms in total. The van der Waals surface area contributed by atoms with Gasteiger partial charge in [0.2, 0.25) is 0 Å². The lowest BCUT2D eigenvalue weighted by Crippen LogP contribution is -2.51. The second-order valence-corrected chi connectivity index (χ2v) is 13.3. The summed E-state index contributed by atoms with van der Waals surface area (Å²) in [5, 5.41) is 0.0638. The van der Waals surface area contributed by atoms with Gasteiger partial charge in [-0.2, -0.15) is 0 Å². The summed E-state index contributed by atoms with van der Waals surface area (Å²) >= 11 is 0. The summed E-state index contributed by atoms with van der Waals surface area (Å²) < 4.78 is 20.3. The second kappa shape index (κ2) is 5.90. The lowest BCUT2D eigenvalue weighted by atomic mass is 9.96. The van der Waals surface area contributed by atoms with Crippen molar-refractivity contribution < 1.29 is 13.9 Å². The normalized spacial score (nSPS) is 32.3. The summed E-state index contributed by atoms with van der Waals surface area (Å²) in [6.07, 6.45) is 1.02. The molecule has 2 bridgehead atoms. The maximum Gasteiger partial charge on any atom is 0.330 e. The highest BCUT2D eigenvalue weighted by Crippen LogP contribution is 2.50. The second-order valence-electron chi connectivity index (χ2n) is 8.52. The smallest absolute Gasteiger partial charge is 0.330 e. The molecule has 2 saturated heterocycles. The topological polar surface area (TPSA) is 82.6 Å². The number of aromatic amines is 1. The van der Waals surface area contributed by atoms with Gasteiger partial charge in [-0.05, 0) is 24.6 Å². The van der Waals surface area contributed by atoms with Crippen LogP contribution in [0.4, 0.5) is 0 Å². The van der Waals surface area contributed by atoms with E-state index < -0.39 is 31.4 Å². The van der Waals surface area contributed by atoms with E-state index in [1.54, 1.807) is 0 Å². The molecule has 1 aromatic rings. The first-order valence-electron chi connectivity index (χ1n) is 8.79. The van der Waals surface area contributed by atoms with Gasteiger partial charge in [0.1, 0.15) is 17.8 Å². The number of ether oxygens (including phenoxy) is 2. The Morgan fingerprint density at radius 1 is 1.40 bits per heavy atom. The summed E-state index contributed by atoms with van der Waals surface area (Å²) in [4.78, 5) is 25.8. The highest BCUT2D eigenvalue weighted by Gasteiger charge is 2.63. The third-order valence-electron chi connectivity index (χ3n) is 5.93. The number of nitrogens with one attached hydrogen (secondary N) is 1. The van der Waals surface area contributed by atoms with Crippen LogP contribution in [0.25, 0.3) is 0 Å². The van der Waals surface area contributed by atoms with Crippen molar-refractivity contribution in [3.8, 4) is 0 Å². The SMILES string of the molecule is CC[C@]12COC([C@H](n3ccc(=O)[nH]c3=O)O1)[C@@H]2O[Si](C)(C)C(C)(C)C. The van der Waals surface area contributed by atoms with E-state index in [0.29, 0.717) is 6.61 Å². The number of aromatic nitrogens is 2. The Kier molecular flexibility index (Phi) is 4.38. The van der Waals surface area contributed by atoms with Gasteiger partial charge in [-0.1, -0.05) is 27.7 Å².